The van der Waals surface area contributed by atoms with Crippen LogP contribution in [-0.2, 0) is 4.79 Å². The minimum absolute atomic E-state index is 0.582. The first-order valence-corrected chi connectivity index (χ1v) is 6.57. The number of carbonyl (C=O) groups is 1. The summed E-state index contributed by atoms with van der Waals surface area (Å²) >= 11 is 0. The quantitative estimate of drug-likeness (QED) is 0.916. The monoisotopic (exact) mass is 256 g/mol. The van der Waals surface area contributed by atoms with Crippen LogP contribution in [0.15, 0.2) is 36.7 Å². The third-order valence-corrected chi connectivity index (χ3v) is 3.73. The van der Waals surface area contributed by atoms with Crippen LogP contribution in [0.1, 0.15) is 24.4 Å². The van der Waals surface area contributed by atoms with E-state index in [0.717, 1.165) is 42.3 Å². The first-order valence-electron chi connectivity index (χ1n) is 6.57. The van der Waals surface area contributed by atoms with Crippen LogP contribution >= 0.6 is 0 Å². The fourth-order valence-electron chi connectivity index (χ4n) is 2.84. The van der Waals surface area contributed by atoms with Crippen LogP contribution in [0.4, 0.5) is 0 Å². The van der Waals surface area contributed by atoms with Crippen LogP contribution in [0.25, 0.3) is 10.8 Å². The molecule has 2 heterocycles. The van der Waals surface area contributed by atoms with Gasteiger partial charge in [-0.3, -0.25) is 14.7 Å². The van der Waals surface area contributed by atoms with Crippen molar-refractivity contribution in [3.63, 3.8) is 0 Å². The summed E-state index contributed by atoms with van der Waals surface area (Å²) in [5, 5.41) is 11.6. The molecule has 1 unspecified atom stereocenters. The highest BCUT2D eigenvalue weighted by Crippen LogP contribution is 2.30. The Labute approximate surface area is 111 Å². The van der Waals surface area contributed by atoms with E-state index in [1.54, 1.807) is 12.4 Å². The number of hydrogen-bond acceptors (Lipinski definition) is 3. The summed E-state index contributed by atoms with van der Waals surface area (Å²) in [5.41, 5.74) is 0.799. The third kappa shape index (κ3) is 2.19. The van der Waals surface area contributed by atoms with Gasteiger partial charge in [0, 0.05) is 23.3 Å². The molecule has 1 aromatic carbocycles. The topological polar surface area (TPSA) is 53.4 Å². The molecule has 4 nitrogen and oxygen atoms in total. The van der Waals surface area contributed by atoms with E-state index in [4.69, 9.17) is 0 Å². The minimum Gasteiger partial charge on any atom is -0.480 e. The van der Waals surface area contributed by atoms with Crippen molar-refractivity contribution in [2.45, 2.75) is 18.9 Å². The molecule has 0 spiro atoms. The lowest BCUT2D eigenvalue weighted by molar-refractivity contribution is -0.143. The molecule has 1 saturated heterocycles. The number of likely N-dealkylation sites (tertiary alicyclic amines) is 1. The van der Waals surface area contributed by atoms with Crippen LogP contribution in [0.2, 0.25) is 0 Å². The maximum absolute atomic E-state index is 11.7. The molecule has 0 amide bonds. The second kappa shape index (κ2) is 4.97. The number of aromatic nitrogens is 1. The second-order valence-electron chi connectivity index (χ2n) is 4.93. The predicted octanol–water partition coefficient (Wildman–Crippen LogP) is 2.46. The van der Waals surface area contributed by atoms with Crippen molar-refractivity contribution in [2.24, 2.45) is 0 Å². The maximum Gasteiger partial charge on any atom is 0.325 e. The average Bonchev–Trinajstić information content (AvgIpc) is 2.93. The largest absolute Gasteiger partial charge is 0.480 e. The van der Waals surface area contributed by atoms with Crippen LogP contribution in [0, 0.1) is 0 Å². The summed E-state index contributed by atoms with van der Waals surface area (Å²) in [6.45, 7) is 1.69. The van der Waals surface area contributed by atoms with Gasteiger partial charge in [0.15, 0.2) is 0 Å². The Bertz CT molecular complexity index is 601. The number of aliphatic carboxylic acids is 1. The number of benzene rings is 1. The molecule has 1 N–H and O–H groups in total. The number of hydrogen-bond donors (Lipinski definition) is 1. The first kappa shape index (κ1) is 12.1. The van der Waals surface area contributed by atoms with Gasteiger partial charge in [-0.1, -0.05) is 24.3 Å². The molecule has 1 atom stereocenters. The van der Waals surface area contributed by atoms with Gasteiger partial charge >= 0.3 is 5.97 Å². The summed E-state index contributed by atoms with van der Waals surface area (Å²) in [4.78, 5) is 17.9. The van der Waals surface area contributed by atoms with Gasteiger partial charge in [0.25, 0.3) is 0 Å². The lowest BCUT2D eigenvalue weighted by Crippen LogP contribution is -2.31. The van der Waals surface area contributed by atoms with E-state index in [1.165, 1.54) is 0 Å². The minimum atomic E-state index is -0.792. The Balaban J connectivity index is 2.12. The van der Waals surface area contributed by atoms with E-state index in [1.807, 2.05) is 29.2 Å². The lowest BCUT2D eigenvalue weighted by Gasteiger charge is -2.24. The van der Waals surface area contributed by atoms with Gasteiger partial charge in [0.05, 0.1) is 0 Å². The number of carboxylic acids is 1. The highest BCUT2D eigenvalue weighted by molar-refractivity contribution is 5.89. The van der Waals surface area contributed by atoms with Crippen LogP contribution in [0.3, 0.4) is 0 Å². The predicted molar refractivity (Wildman–Crippen MR) is 72.9 cm³/mol. The molecule has 19 heavy (non-hydrogen) atoms. The van der Waals surface area contributed by atoms with Crippen LogP contribution in [-0.4, -0.2) is 34.0 Å². The summed E-state index contributed by atoms with van der Waals surface area (Å²) in [5.74, 6) is -0.792. The van der Waals surface area contributed by atoms with E-state index in [9.17, 15) is 9.90 Å². The summed E-state index contributed by atoms with van der Waals surface area (Å²) in [6, 6.07) is 7.24. The number of nitrogens with zero attached hydrogens (tertiary/aromatic N) is 2. The molecular weight excluding hydrogens is 240 g/mol. The van der Waals surface area contributed by atoms with E-state index in [-0.39, 0.29) is 0 Å². The summed E-state index contributed by atoms with van der Waals surface area (Å²) in [7, 11) is 0. The van der Waals surface area contributed by atoms with Gasteiger partial charge in [-0.05, 0) is 31.3 Å². The zero-order valence-electron chi connectivity index (χ0n) is 10.6. The van der Waals surface area contributed by atoms with E-state index in [2.05, 4.69) is 4.98 Å². The molecule has 98 valence electrons. The van der Waals surface area contributed by atoms with Crippen LogP contribution < -0.4 is 0 Å². The standard InChI is InChI=1S/C15H16N2O2/c18-15(19)14(17-7-3-4-8-17)13-10-16-9-11-5-1-2-6-12(11)13/h1-2,5-6,9-10,14H,3-4,7-8H2,(H,18,19). The van der Waals surface area contributed by atoms with Crippen LogP contribution in [0.5, 0.6) is 0 Å². The highest BCUT2D eigenvalue weighted by atomic mass is 16.4. The first-order chi connectivity index (χ1) is 9.27. The fraction of sp³-hybridized carbons (Fsp3) is 0.333. The van der Waals surface area contributed by atoms with Gasteiger partial charge in [-0.15, -0.1) is 0 Å². The molecule has 1 fully saturated rings. The Hall–Kier alpha value is -1.94. The fourth-order valence-corrected chi connectivity index (χ4v) is 2.84. The Morgan fingerprint density at radius 2 is 1.95 bits per heavy atom. The molecule has 0 aliphatic carbocycles. The Kier molecular flexibility index (Phi) is 3.17. The summed E-state index contributed by atoms with van der Waals surface area (Å²) in [6.07, 6.45) is 5.62. The van der Waals surface area contributed by atoms with Crippen molar-refractivity contribution in [1.82, 2.24) is 9.88 Å². The summed E-state index contributed by atoms with van der Waals surface area (Å²) < 4.78 is 0. The molecule has 1 aromatic heterocycles. The molecule has 1 aliphatic heterocycles. The number of rotatable bonds is 3. The van der Waals surface area contributed by atoms with E-state index >= 15 is 0 Å². The molecule has 0 saturated carbocycles. The molecule has 3 rings (SSSR count). The Morgan fingerprint density at radius 1 is 1.21 bits per heavy atom. The van der Waals surface area contributed by atoms with Crippen molar-refractivity contribution in [1.29, 1.82) is 0 Å². The van der Waals surface area contributed by atoms with Crippen molar-refractivity contribution in [2.75, 3.05) is 13.1 Å². The molecule has 2 aromatic rings. The highest BCUT2D eigenvalue weighted by Gasteiger charge is 2.30. The molecule has 0 radical (unpaired) electrons. The molecule has 4 heteroatoms. The van der Waals surface area contributed by atoms with Gasteiger partial charge in [-0.25, -0.2) is 0 Å². The van der Waals surface area contributed by atoms with Crippen molar-refractivity contribution in [3.05, 3.63) is 42.2 Å². The molecular formula is C15H16N2O2. The smallest absolute Gasteiger partial charge is 0.325 e. The maximum atomic E-state index is 11.7. The van der Waals surface area contributed by atoms with E-state index in [0.29, 0.717) is 0 Å². The zero-order chi connectivity index (χ0) is 13.2. The van der Waals surface area contributed by atoms with Gasteiger partial charge < -0.3 is 5.11 Å². The number of pyridine rings is 1. The molecule has 1 aliphatic rings. The Morgan fingerprint density at radius 3 is 2.68 bits per heavy atom. The zero-order valence-corrected chi connectivity index (χ0v) is 10.6. The van der Waals surface area contributed by atoms with Crippen molar-refractivity contribution >= 4 is 16.7 Å². The van der Waals surface area contributed by atoms with Gasteiger partial charge in [0.1, 0.15) is 6.04 Å². The SMILES string of the molecule is O=C(O)C(c1cncc2ccccc12)N1CCCC1. The molecule has 0 bridgehead atoms. The lowest BCUT2D eigenvalue weighted by atomic mass is 10.0. The second-order valence-corrected chi connectivity index (χ2v) is 4.93. The number of carboxylic acid groups (broad SMARTS) is 1. The number of fused-ring (bicyclic) bond motifs is 1. The average molecular weight is 256 g/mol. The van der Waals surface area contributed by atoms with Gasteiger partial charge in [-0.2, -0.15) is 0 Å². The third-order valence-electron chi connectivity index (χ3n) is 3.73. The van der Waals surface area contributed by atoms with E-state index < -0.39 is 12.0 Å². The van der Waals surface area contributed by atoms with Crippen molar-refractivity contribution in [3.8, 4) is 0 Å². The van der Waals surface area contributed by atoms with Gasteiger partial charge in [0.2, 0.25) is 0 Å². The normalized spacial score (nSPS) is 17.7. The van der Waals surface area contributed by atoms with Crippen molar-refractivity contribution < 1.29 is 9.90 Å².